The number of carbonyl (C=O) groups excluding carboxylic acids is 1. The lowest BCUT2D eigenvalue weighted by Gasteiger charge is -2.14. The molecule has 0 atom stereocenters. The standard InChI is InChI=1S/C26H30O6/c1-4-5-6-7-9-17-12-21-19-10-8-11-20(19)25(27)32-23(21)14-22(17)30-15-18-13-24(26(28)29-3)31-16(18)2/h12-14H,4-11,15H2,1-3H3. The fraction of sp³-hybridized carbons (Fsp3) is 0.462. The molecule has 32 heavy (non-hydrogen) atoms. The van der Waals surface area contributed by atoms with Crippen molar-refractivity contribution in [3.63, 3.8) is 0 Å². The minimum atomic E-state index is -0.516. The molecule has 0 bridgehead atoms. The summed E-state index contributed by atoms with van der Waals surface area (Å²) >= 11 is 0. The fourth-order valence-electron chi connectivity index (χ4n) is 4.45. The number of rotatable bonds is 9. The Hall–Kier alpha value is -3.02. The minimum Gasteiger partial charge on any atom is -0.488 e. The fourth-order valence-corrected chi connectivity index (χ4v) is 4.45. The topological polar surface area (TPSA) is 78.9 Å². The Morgan fingerprint density at radius 1 is 1.03 bits per heavy atom. The van der Waals surface area contributed by atoms with Crippen molar-refractivity contribution in [2.75, 3.05) is 7.11 Å². The average molecular weight is 439 g/mol. The molecule has 0 spiro atoms. The van der Waals surface area contributed by atoms with Gasteiger partial charge in [0.2, 0.25) is 5.76 Å². The van der Waals surface area contributed by atoms with E-state index in [1.165, 1.54) is 26.4 Å². The van der Waals surface area contributed by atoms with Crippen LogP contribution in [0.15, 0.2) is 31.8 Å². The zero-order valence-corrected chi connectivity index (χ0v) is 19.0. The van der Waals surface area contributed by atoms with Gasteiger partial charge in [0, 0.05) is 22.6 Å². The van der Waals surface area contributed by atoms with Crippen molar-refractivity contribution in [2.45, 2.75) is 71.8 Å². The second-order valence-corrected chi connectivity index (χ2v) is 8.44. The minimum absolute atomic E-state index is 0.156. The van der Waals surface area contributed by atoms with E-state index in [0.29, 0.717) is 17.1 Å². The Balaban J connectivity index is 1.65. The van der Waals surface area contributed by atoms with Crippen molar-refractivity contribution in [1.29, 1.82) is 0 Å². The van der Waals surface area contributed by atoms with Crippen LogP contribution in [0.25, 0.3) is 11.0 Å². The van der Waals surface area contributed by atoms with E-state index in [0.717, 1.165) is 59.7 Å². The summed E-state index contributed by atoms with van der Waals surface area (Å²) in [6.07, 6.45) is 8.23. The van der Waals surface area contributed by atoms with Gasteiger partial charge in [0.25, 0.3) is 0 Å². The lowest BCUT2D eigenvalue weighted by Crippen LogP contribution is -2.08. The van der Waals surface area contributed by atoms with E-state index in [1.54, 1.807) is 13.0 Å². The molecule has 0 amide bonds. The Labute approximate surface area is 187 Å². The maximum atomic E-state index is 12.4. The van der Waals surface area contributed by atoms with Crippen LogP contribution in [0, 0.1) is 6.92 Å². The van der Waals surface area contributed by atoms with Gasteiger partial charge in [-0.15, -0.1) is 0 Å². The van der Waals surface area contributed by atoms with Gasteiger partial charge in [-0.3, -0.25) is 0 Å². The molecule has 6 heteroatoms. The Morgan fingerprint density at radius 3 is 2.62 bits per heavy atom. The molecule has 6 nitrogen and oxygen atoms in total. The molecule has 1 aromatic carbocycles. The molecule has 0 fully saturated rings. The third-order valence-electron chi connectivity index (χ3n) is 6.24. The number of unbranched alkanes of at least 4 members (excludes halogenated alkanes) is 3. The SMILES string of the molecule is CCCCCCc1cc2c3c(c(=O)oc2cc1OCc1cc(C(=O)OC)oc1C)CCC3. The van der Waals surface area contributed by atoms with Gasteiger partial charge in [0.05, 0.1) is 7.11 Å². The number of hydrogen-bond acceptors (Lipinski definition) is 6. The van der Waals surface area contributed by atoms with Crippen molar-refractivity contribution in [3.8, 4) is 5.75 Å². The molecule has 3 aromatic rings. The Kier molecular flexibility index (Phi) is 6.68. The summed E-state index contributed by atoms with van der Waals surface area (Å²) in [5.41, 5.74) is 4.18. The van der Waals surface area contributed by atoms with Crippen LogP contribution >= 0.6 is 0 Å². The summed E-state index contributed by atoms with van der Waals surface area (Å²) in [6.45, 7) is 4.24. The molecular formula is C26H30O6. The van der Waals surface area contributed by atoms with Crippen LogP contribution in [-0.4, -0.2) is 13.1 Å². The zero-order chi connectivity index (χ0) is 22.7. The Morgan fingerprint density at radius 2 is 1.84 bits per heavy atom. The predicted octanol–water partition coefficient (Wildman–Crippen LogP) is 5.67. The second-order valence-electron chi connectivity index (χ2n) is 8.44. The molecule has 2 heterocycles. The number of benzene rings is 1. The van der Waals surface area contributed by atoms with Gasteiger partial charge in [0.15, 0.2) is 0 Å². The van der Waals surface area contributed by atoms with Crippen molar-refractivity contribution < 1.29 is 23.1 Å². The Bertz CT molecular complexity index is 1180. The zero-order valence-electron chi connectivity index (χ0n) is 19.0. The van der Waals surface area contributed by atoms with Gasteiger partial charge in [-0.2, -0.15) is 0 Å². The van der Waals surface area contributed by atoms with Gasteiger partial charge in [-0.05, 0) is 62.3 Å². The molecule has 0 radical (unpaired) electrons. The van der Waals surface area contributed by atoms with Crippen LogP contribution in [0.4, 0.5) is 0 Å². The van der Waals surface area contributed by atoms with Crippen LogP contribution in [0.1, 0.15) is 77.6 Å². The molecule has 0 aliphatic heterocycles. The molecule has 4 rings (SSSR count). The first-order valence-electron chi connectivity index (χ1n) is 11.4. The number of carbonyl (C=O) groups is 1. The maximum absolute atomic E-state index is 12.4. The third kappa shape index (κ3) is 4.45. The largest absolute Gasteiger partial charge is 0.488 e. The van der Waals surface area contributed by atoms with Crippen LogP contribution in [0.2, 0.25) is 0 Å². The van der Waals surface area contributed by atoms with Gasteiger partial charge >= 0.3 is 11.6 Å². The van der Waals surface area contributed by atoms with E-state index in [2.05, 4.69) is 13.0 Å². The van der Waals surface area contributed by atoms with Gasteiger partial charge < -0.3 is 18.3 Å². The number of aryl methyl sites for hydroxylation is 3. The van der Waals surface area contributed by atoms with E-state index in [4.69, 9.17) is 18.3 Å². The smallest absolute Gasteiger partial charge is 0.373 e. The highest BCUT2D eigenvalue weighted by Crippen LogP contribution is 2.34. The lowest BCUT2D eigenvalue weighted by molar-refractivity contribution is 0.0563. The van der Waals surface area contributed by atoms with Crippen LogP contribution in [0.5, 0.6) is 5.75 Å². The van der Waals surface area contributed by atoms with Crippen molar-refractivity contribution >= 4 is 16.9 Å². The molecule has 0 saturated heterocycles. The first-order valence-corrected chi connectivity index (χ1v) is 11.4. The average Bonchev–Trinajstić information content (AvgIpc) is 3.42. The number of ether oxygens (including phenoxy) is 2. The summed E-state index contributed by atoms with van der Waals surface area (Å²) in [6, 6.07) is 5.64. The lowest BCUT2D eigenvalue weighted by atomic mass is 10.00. The molecule has 1 aliphatic carbocycles. The van der Waals surface area contributed by atoms with E-state index >= 15 is 0 Å². The summed E-state index contributed by atoms with van der Waals surface area (Å²) in [5, 5.41) is 1.03. The summed E-state index contributed by atoms with van der Waals surface area (Å²) in [4.78, 5) is 24.2. The number of hydrogen-bond donors (Lipinski definition) is 0. The first-order chi connectivity index (χ1) is 15.5. The summed E-state index contributed by atoms with van der Waals surface area (Å²) in [5.74, 6) is 0.955. The molecule has 0 N–H and O–H groups in total. The van der Waals surface area contributed by atoms with Crippen LogP contribution < -0.4 is 10.4 Å². The van der Waals surface area contributed by atoms with Gasteiger partial charge in [0.1, 0.15) is 23.7 Å². The quantitative estimate of drug-likeness (QED) is 0.243. The van der Waals surface area contributed by atoms with E-state index < -0.39 is 5.97 Å². The molecule has 0 saturated carbocycles. The highest BCUT2D eigenvalue weighted by molar-refractivity contribution is 5.86. The third-order valence-corrected chi connectivity index (χ3v) is 6.24. The predicted molar refractivity (Wildman–Crippen MR) is 121 cm³/mol. The monoisotopic (exact) mass is 438 g/mol. The van der Waals surface area contributed by atoms with Crippen molar-refractivity contribution in [3.05, 3.63) is 62.4 Å². The first kappa shape index (κ1) is 22.2. The number of furan rings is 1. The number of fused-ring (bicyclic) bond motifs is 3. The number of methoxy groups -OCH3 is 1. The molecule has 2 aromatic heterocycles. The highest BCUT2D eigenvalue weighted by atomic mass is 16.5. The second kappa shape index (κ2) is 9.63. The van der Waals surface area contributed by atoms with Crippen molar-refractivity contribution in [1.82, 2.24) is 0 Å². The van der Waals surface area contributed by atoms with E-state index in [-0.39, 0.29) is 18.0 Å². The number of esters is 1. The van der Waals surface area contributed by atoms with E-state index in [9.17, 15) is 9.59 Å². The van der Waals surface area contributed by atoms with Crippen LogP contribution in [-0.2, 0) is 30.6 Å². The molecule has 170 valence electrons. The molecule has 0 unspecified atom stereocenters. The maximum Gasteiger partial charge on any atom is 0.373 e. The van der Waals surface area contributed by atoms with Gasteiger partial charge in [-0.25, -0.2) is 9.59 Å². The normalized spacial score (nSPS) is 12.8. The molecule has 1 aliphatic rings. The molecular weight excluding hydrogens is 408 g/mol. The van der Waals surface area contributed by atoms with E-state index in [1.807, 2.05) is 6.07 Å². The van der Waals surface area contributed by atoms with Crippen LogP contribution in [0.3, 0.4) is 0 Å². The summed E-state index contributed by atoms with van der Waals surface area (Å²) in [7, 11) is 1.32. The van der Waals surface area contributed by atoms with Gasteiger partial charge in [-0.1, -0.05) is 26.2 Å². The van der Waals surface area contributed by atoms with Crippen molar-refractivity contribution in [2.24, 2.45) is 0 Å². The highest BCUT2D eigenvalue weighted by Gasteiger charge is 2.22. The summed E-state index contributed by atoms with van der Waals surface area (Å²) < 4.78 is 22.1.